The number of aromatic hydroxyl groups is 1. The van der Waals surface area contributed by atoms with Crippen LogP contribution >= 0.6 is 11.6 Å². The van der Waals surface area contributed by atoms with Gasteiger partial charge in [0.2, 0.25) is 0 Å². The molecule has 1 atom stereocenters. The molecule has 0 bridgehead atoms. The lowest BCUT2D eigenvalue weighted by Crippen LogP contribution is -2.20. The summed E-state index contributed by atoms with van der Waals surface area (Å²) in [6.45, 7) is -0.0160. The van der Waals surface area contributed by atoms with Crippen molar-refractivity contribution in [2.75, 3.05) is 6.61 Å². The minimum atomic E-state index is -0.901. The van der Waals surface area contributed by atoms with Crippen molar-refractivity contribution in [1.82, 2.24) is 9.88 Å². The number of carbonyl (C=O) groups excluding carboxylic acids is 2. The lowest BCUT2D eigenvalue weighted by Gasteiger charge is -2.13. The molecule has 7 nitrogen and oxygen atoms in total. The largest absolute Gasteiger partial charge is 0.508 e. The second-order valence-corrected chi connectivity index (χ2v) is 8.22. The summed E-state index contributed by atoms with van der Waals surface area (Å²) in [6.07, 6.45) is -0.623. The van der Waals surface area contributed by atoms with E-state index in [0.29, 0.717) is 39.0 Å². The van der Waals surface area contributed by atoms with Crippen LogP contribution in [0.25, 0.3) is 32.9 Å². The van der Waals surface area contributed by atoms with E-state index in [1.165, 1.54) is 0 Å². The van der Waals surface area contributed by atoms with E-state index in [1.807, 2.05) is 10.6 Å². The number of hydrogen-bond donors (Lipinski definition) is 4. The molecule has 162 valence electrons. The molecule has 32 heavy (non-hydrogen) atoms. The summed E-state index contributed by atoms with van der Waals surface area (Å²) in [4.78, 5) is 25.7. The normalized spacial score (nSPS) is 14.2. The molecule has 0 fully saturated rings. The number of nitrogens with one attached hydrogen (secondary N) is 1. The van der Waals surface area contributed by atoms with Crippen LogP contribution in [-0.2, 0) is 6.54 Å². The van der Waals surface area contributed by atoms with Crippen LogP contribution < -0.4 is 5.32 Å². The smallest absolute Gasteiger partial charge is 0.259 e. The first-order valence-electron chi connectivity index (χ1n) is 10.1. The Morgan fingerprint density at radius 2 is 1.72 bits per heavy atom. The first kappa shape index (κ1) is 20.5. The number of phenols is 1. The molecule has 0 saturated heterocycles. The van der Waals surface area contributed by atoms with Gasteiger partial charge in [-0.3, -0.25) is 14.9 Å². The van der Waals surface area contributed by atoms with E-state index in [-0.39, 0.29) is 29.9 Å². The zero-order valence-corrected chi connectivity index (χ0v) is 17.6. The second kappa shape index (κ2) is 7.63. The Kier molecular flexibility index (Phi) is 4.89. The Morgan fingerprint density at radius 3 is 2.47 bits per heavy atom. The number of imide groups is 1. The maximum atomic E-state index is 12.9. The zero-order valence-electron chi connectivity index (χ0n) is 16.8. The Bertz CT molecular complexity index is 1430. The molecule has 8 heteroatoms. The van der Waals surface area contributed by atoms with Gasteiger partial charge in [-0.25, -0.2) is 0 Å². The zero-order chi connectivity index (χ0) is 22.6. The molecule has 4 aromatic rings. The maximum absolute atomic E-state index is 12.9. The topological polar surface area (TPSA) is 112 Å². The highest BCUT2D eigenvalue weighted by Crippen LogP contribution is 2.42. The number of rotatable bonds is 5. The molecular formula is C24H19ClN2O5. The lowest BCUT2D eigenvalue weighted by molar-refractivity contribution is 0.0851. The number of hydrogen-bond acceptors (Lipinski definition) is 5. The number of aryl methyl sites for hydroxylation is 1. The van der Waals surface area contributed by atoms with Crippen molar-refractivity contribution in [2.24, 2.45) is 0 Å². The van der Waals surface area contributed by atoms with Crippen molar-refractivity contribution >= 4 is 45.2 Å². The van der Waals surface area contributed by atoms with Gasteiger partial charge < -0.3 is 19.9 Å². The van der Waals surface area contributed by atoms with Gasteiger partial charge >= 0.3 is 0 Å². The Hall–Kier alpha value is -3.39. The van der Waals surface area contributed by atoms with E-state index in [4.69, 9.17) is 11.6 Å². The van der Waals surface area contributed by atoms with Gasteiger partial charge in [-0.05, 0) is 42.3 Å². The van der Waals surface area contributed by atoms with Gasteiger partial charge in [0.15, 0.2) is 0 Å². The molecule has 3 aromatic carbocycles. The maximum Gasteiger partial charge on any atom is 0.259 e. The molecule has 0 spiro atoms. The summed E-state index contributed by atoms with van der Waals surface area (Å²) < 4.78 is 1.92. The number of aromatic nitrogens is 1. The molecule has 1 unspecified atom stereocenters. The summed E-state index contributed by atoms with van der Waals surface area (Å²) in [7, 11) is 0. The number of aliphatic hydroxyl groups is 2. The fraction of sp³-hybridized carbons (Fsp3) is 0.167. The van der Waals surface area contributed by atoms with Gasteiger partial charge in [-0.15, -0.1) is 0 Å². The molecule has 1 aromatic heterocycles. The minimum absolute atomic E-state index is 0.0283. The van der Waals surface area contributed by atoms with Crippen LogP contribution in [-0.4, -0.2) is 44.4 Å². The molecular weight excluding hydrogens is 432 g/mol. The lowest BCUT2D eigenvalue weighted by atomic mass is 9.93. The number of amides is 2. The van der Waals surface area contributed by atoms with Crippen molar-refractivity contribution in [2.45, 2.75) is 19.1 Å². The number of halogens is 1. The molecule has 1 aliphatic rings. The average Bonchev–Trinajstić information content (AvgIpc) is 3.24. The summed E-state index contributed by atoms with van der Waals surface area (Å²) in [5.41, 5.74) is 3.01. The van der Waals surface area contributed by atoms with Crippen LogP contribution in [0.1, 0.15) is 27.1 Å². The standard InChI is InChI=1S/C24H19ClN2O5/c25-17-4-2-1-3-14(17)15-10-19-20(22-21(15)23(31)26-24(22)32)16-9-12(29)5-6-18(16)27(19)8-7-13(30)11-28/h1-6,9-10,13,28-30H,7-8,11H2,(H,26,31,32). The molecule has 2 heterocycles. The van der Waals surface area contributed by atoms with Crippen LogP contribution in [0.5, 0.6) is 5.75 Å². The first-order valence-corrected chi connectivity index (χ1v) is 10.5. The number of aliphatic hydroxyl groups excluding tert-OH is 2. The summed E-state index contributed by atoms with van der Waals surface area (Å²) in [5, 5.41) is 33.3. The first-order chi connectivity index (χ1) is 15.4. The Labute approximate surface area is 187 Å². The van der Waals surface area contributed by atoms with E-state index in [0.717, 1.165) is 5.52 Å². The van der Waals surface area contributed by atoms with E-state index in [1.54, 1.807) is 42.5 Å². The number of carbonyl (C=O) groups is 2. The number of benzene rings is 3. The highest BCUT2D eigenvalue weighted by Gasteiger charge is 2.35. The van der Waals surface area contributed by atoms with Crippen molar-refractivity contribution in [3.63, 3.8) is 0 Å². The summed E-state index contributed by atoms with van der Waals surface area (Å²) in [6, 6.07) is 13.7. The number of phenolic OH excluding ortho intramolecular Hbond substituents is 1. The molecule has 0 aliphatic carbocycles. The van der Waals surface area contributed by atoms with E-state index in [2.05, 4.69) is 5.32 Å². The fourth-order valence-electron chi connectivity index (χ4n) is 4.44. The number of fused-ring (bicyclic) bond motifs is 5. The van der Waals surface area contributed by atoms with Gasteiger partial charge in [-0.2, -0.15) is 0 Å². The van der Waals surface area contributed by atoms with Crippen molar-refractivity contribution in [3.05, 3.63) is 64.7 Å². The summed E-state index contributed by atoms with van der Waals surface area (Å²) in [5.74, 6) is -0.985. The highest BCUT2D eigenvalue weighted by molar-refractivity contribution is 6.36. The van der Waals surface area contributed by atoms with Crippen LogP contribution in [0.3, 0.4) is 0 Å². The quantitative estimate of drug-likeness (QED) is 0.348. The van der Waals surface area contributed by atoms with Gasteiger partial charge in [0.05, 0.1) is 29.4 Å². The van der Waals surface area contributed by atoms with Crippen molar-refractivity contribution in [1.29, 1.82) is 0 Å². The van der Waals surface area contributed by atoms with Crippen molar-refractivity contribution < 1.29 is 24.9 Å². The van der Waals surface area contributed by atoms with E-state index < -0.39 is 17.9 Å². The third kappa shape index (κ3) is 3.05. The van der Waals surface area contributed by atoms with Crippen LogP contribution in [0.15, 0.2) is 48.5 Å². The van der Waals surface area contributed by atoms with Gasteiger partial charge in [0.25, 0.3) is 11.8 Å². The molecule has 1 aliphatic heterocycles. The monoisotopic (exact) mass is 450 g/mol. The third-order valence-corrected chi connectivity index (χ3v) is 6.21. The molecule has 2 amide bonds. The van der Waals surface area contributed by atoms with Gasteiger partial charge in [0, 0.05) is 33.4 Å². The molecule has 0 radical (unpaired) electrons. The predicted octanol–water partition coefficient (Wildman–Crippen LogP) is 3.45. The minimum Gasteiger partial charge on any atom is -0.508 e. The second-order valence-electron chi connectivity index (χ2n) is 7.81. The molecule has 4 N–H and O–H groups in total. The van der Waals surface area contributed by atoms with Gasteiger partial charge in [-0.1, -0.05) is 29.8 Å². The molecule has 0 saturated carbocycles. The summed E-state index contributed by atoms with van der Waals surface area (Å²) >= 11 is 6.44. The number of nitrogens with zero attached hydrogens (tertiary/aromatic N) is 1. The third-order valence-electron chi connectivity index (χ3n) is 5.88. The highest BCUT2D eigenvalue weighted by atomic mass is 35.5. The Morgan fingerprint density at radius 1 is 0.969 bits per heavy atom. The van der Waals surface area contributed by atoms with Crippen molar-refractivity contribution in [3.8, 4) is 16.9 Å². The SMILES string of the molecule is O=C1NC(=O)c2c1c(-c1ccccc1Cl)cc1c2c2cc(O)ccc2n1CCC(O)CO. The van der Waals surface area contributed by atoms with Crippen LogP contribution in [0.2, 0.25) is 5.02 Å². The Balaban J connectivity index is 1.91. The van der Waals surface area contributed by atoms with E-state index in [9.17, 15) is 24.9 Å². The van der Waals surface area contributed by atoms with Crippen LogP contribution in [0.4, 0.5) is 0 Å². The van der Waals surface area contributed by atoms with Crippen LogP contribution in [0, 0.1) is 0 Å². The van der Waals surface area contributed by atoms with Gasteiger partial charge in [0.1, 0.15) is 5.75 Å². The predicted molar refractivity (Wildman–Crippen MR) is 121 cm³/mol. The molecule has 5 rings (SSSR count). The average molecular weight is 451 g/mol. The fourth-order valence-corrected chi connectivity index (χ4v) is 4.67. The van der Waals surface area contributed by atoms with E-state index >= 15 is 0 Å².